The van der Waals surface area contributed by atoms with Crippen LogP contribution in [0, 0.1) is 0 Å². The predicted octanol–water partition coefficient (Wildman–Crippen LogP) is 4.61. The molecule has 0 aliphatic heterocycles. The van der Waals surface area contributed by atoms with Gasteiger partial charge >= 0.3 is 5.30 Å². The van der Waals surface area contributed by atoms with Gasteiger partial charge in [0.05, 0.1) is 0 Å². The van der Waals surface area contributed by atoms with Crippen LogP contribution in [0.15, 0.2) is 60.7 Å². The molecule has 0 saturated carbocycles. The van der Waals surface area contributed by atoms with Gasteiger partial charge in [-0.3, -0.25) is 4.79 Å². The number of carbonyl (C=O) groups excluding carboxylic acids is 2. The van der Waals surface area contributed by atoms with E-state index >= 15 is 0 Å². The molecule has 0 aliphatic rings. The van der Waals surface area contributed by atoms with E-state index in [1.807, 2.05) is 60.7 Å². The highest BCUT2D eigenvalue weighted by Gasteiger charge is 2.10. The molecule has 2 aromatic rings. The third-order valence-electron chi connectivity index (χ3n) is 2.66. The second kappa shape index (κ2) is 9.17. The topological polar surface area (TPSA) is 55.4 Å². The highest BCUT2D eigenvalue weighted by atomic mass is 33.1. The SMILES string of the molecule is O=C(NCc1ccccc1)SSC(=O)OCc1ccccc1. The molecule has 114 valence electrons. The first-order valence-corrected chi connectivity index (χ1v) is 8.76. The summed E-state index contributed by atoms with van der Waals surface area (Å²) in [5, 5.41) is 1.97. The molecule has 1 N–H and O–H groups in total. The Bertz CT molecular complexity index is 550. The molecule has 0 bridgehead atoms. The lowest BCUT2D eigenvalue weighted by Crippen LogP contribution is -2.17. The number of rotatable bonds is 4. The van der Waals surface area contributed by atoms with Gasteiger partial charge in [0.25, 0.3) is 5.24 Å². The highest BCUT2D eigenvalue weighted by Crippen LogP contribution is 2.24. The summed E-state index contributed by atoms with van der Waals surface area (Å²) in [6.07, 6.45) is 0. The highest BCUT2D eigenvalue weighted by molar-refractivity contribution is 8.87. The maximum atomic E-state index is 11.6. The first-order valence-electron chi connectivity index (χ1n) is 6.61. The zero-order chi connectivity index (χ0) is 15.6. The van der Waals surface area contributed by atoms with E-state index in [4.69, 9.17) is 4.74 Å². The fourth-order valence-corrected chi connectivity index (χ4v) is 2.75. The van der Waals surface area contributed by atoms with Gasteiger partial charge in [-0.2, -0.15) is 0 Å². The third-order valence-corrected chi connectivity index (χ3v) is 4.41. The Balaban J connectivity index is 1.62. The van der Waals surface area contributed by atoms with Crippen LogP contribution in [0.1, 0.15) is 11.1 Å². The third kappa shape index (κ3) is 6.24. The van der Waals surface area contributed by atoms with Crippen LogP contribution in [0.25, 0.3) is 0 Å². The largest absolute Gasteiger partial charge is 0.452 e. The second-order valence-electron chi connectivity index (χ2n) is 4.32. The molecular weight excluding hydrogens is 318 g/mol. The molecule has 2 rings (SSSR count). The normalized spacial score (nSPS) is 10.0. The standard InChI is InChI=1S/C16H15NO3S2/c18-15(17-11-13-7-3-1-4-8-13)21-22-16(19)20-12-14-9-5-2-6-10-14/h1-10H,11-12H2,(H,17,18). The van der Waals surface area contributed by atoms with Crippen molar-refractivity contribution in [1.29, 1.82) is 0 Å². The second-order valence-corrected chi connectivity index (χ2v) is 6.36. The Morgan fingerprint density at radius 2 is 1.45 bits per heavy atom. The minimum atomic E-state index is -0.483. The van der Waals surface area contributed by atoms with Crippen LogP contribution in [0.2, 0.25) is 0 Å². The molecule has 0 atom stereocenters. The van der Waals surface area contributed by atoms with E-state index in [2.05, 4.69) is 5.32 Å². The number of amides is 1. The number of carbonyl (C=O) groups is 2. The van der Waals surface area contributed by atoms with Crippen molar-refractivity contribution in [2.24, 2.45) is 0 Å². The van der Waals surface area contributed by atoms with Crippen LogP contribution in [0.5, 0.6) is 0 Å². The van der Waals surface area contributed by atoms with Gasteiger partial charge in [-0.05, 0) is 11.1 Å². The summed E-state index contributed by atoms with van der Waals surface area (Å²) in [5.41, 5.74) is 1.92. The van der Waals surface area contributed by atoms with Gasteiger partial charge < -0.3 is 10.1 Å². The van der Waals surface area contributed by atoms with E-state index in [1.54, 1.807) is 0 Å². The molecule has 0 heterocycles. The van der Waals surface area contributed by atoms with E-state index in [0.717, 1.165) is 32.7 Å². The predicted molar refractivity (Wildman–Crippen MR) is 90.5 cm³/mol. The van der Waals surface area contributed by atoms with Crippen LogP contribution in [0.4, 0.5) is 9.59 Å². The Labute approximate surface area is 137 Å². The van der Waals surface area contributed by atoms with Crippen LogP contribution in [-0.2, 0) is 17.9 Å². The Morgan fingerprint density at radius 1 is 0.864 bits per heavy atom. The number of nitrogens with one attached hydrogen (secondary N) is 1. The summed E-state index contributed by atoms with van der Waals surface area (Å²) in [6, 6.07) is 19.0. The van der Waals surface area contributed by atoms with Crippen molar-refractivity contribution in [3.8, 4) is 0 Å². The Morgan fingerprint density at radius 3 is 2.09 bits per heavy atom. The average molecular weight is 333 g/mol. The maximum Gasteiger partial charge on any atom is 0.378 e. The lowest BCUT2D eigenvalue weighted by Gasteiger charge is -2.05. The van der Waals surface area contributed by atoms with Crippen LogP contribution in [-0.4, -0.2) is 10.5 Å². The van der Waals surface area contributed by atoms with E-state index in [9.17, 15) is 9.59 Å². The summed E-state index contributed by atoms with van der Waals surface area (Å²) in [7, 11) is 1.61. The molecule has 0 aromatic heterocycles. The Hall–Kier alpha value is -1.92. The molecule has 2 aromatic carbocycles. The van der Waals surface area contributed by atoms with Gasteiger partial charge in [0.2, 0.25) is 0 Å². The lowest BCUT2D eigenvalue weighted by atomic mass is 10.2. The van der Waals surface area contributed by atoms with E-state index in [0.29, 0.717) is 6.54 Å². The first-order chi connectivity index (χ1) is 10.7. The van der Waals surface area contributed by atoms with Gasteiger partial charge in [-0.1, -0.05) is 60.7 Å². The zero-order valence-corrected chi connectivity index (χ0v) is 13.4. The van der Waals surface area contributed by atoms with Crippen molar-refractivity contribution >= 4 is 32.1 Å². The fourth-order valence-electron chi connectivity index (χ4n) is 1.61. The number of ether oxygens (including phenoxy) is 1. The molecule has 22 heavy (non-hydrogen) atoms. The van der Waals surface area contributed by atoms with Crippen molar-refractivity contribution in [2.45, 2.75) is 13.2 Å². The van der Waals surface area contributed by atoms with Gasteiger partial charge in [-0.25, -0.2) is 4.79 Å². The van der Waals surface area contributed by atoms with Crippen LogP contribution >= 0.6 is 21.6 Å². The zero-order valence-electron chi connectivity index (χ0n) is 11.7. The first kappa shape index (κ1) is 16.5. The van der Waals surface area contributed by atoms with Crippen molar-refractivity contribution in [3.63, 3.8) is 0 Å². The van der Waals surface area contributed by atoms with E-state index in [1.165, 1.54) is 0 Å². The molecule has 0 radical (unpaired) electrons. The molecule has 6 heteroatoms. The van der Waals surface area contributed by atoms with E-state index < -0.39 is 5.30 Å². The number of hydrogen-bond donors (Lipinski definition) is 1. The summed E-state index contributed by atoms with van der Waals surface area (Å²) >= 11 is 0. The smallest absolute Gasteiger partial charge is 0.378 e. The minimum Gasteiger partial charge on any atom is -0.452 e. The number of hydrogen-bond acceptors (Lipinski definition) is 5. The lowest BCUT2D eigenvalue weighted by molar-refractivity contribution is 0.169. The fraction of sp³-hybridized carbons (Fsp3) is 0.125. The van der Waals surface area contributed by atoms with Crippen molar-refractivity contribution in [1.82, 2.24) is 5.32 Å². The van der Waals surface area contributed by atoms with Gasteiger partial charge in [0.15, 0.2) is 0 Å². The molecule has 0 saturated heterocycles. The molecule has 0 fully saturated rings. The summed E-state index contributed by atoms with van der Waals surface area (Å²) in [4.78, 5) is 23.2. The van der Waals surface area contributed by atoms with Gasteiger partial charge in [0.1, 0.15) is 6.61 Å². The molecule has 1 amide bonds. The van der Waals surface area contributed by atoms with E-state index in [-0.39, 0.29) is 11.8 Å². The van der Waals surface area contributed by atoms with Gasteiger partial charge in [-0.15, -0.1) is 0 Å². The van der Waals surface area contributed by atoms with Gasteiger partial charge in [0, 0.05) is 28.1 Å². The van der Waals surface area contributed by atoms with Crippen molar-refractivity contribution < 1.29 is 14.3 Å². The average Bonchev–Trinajstić information content (AvgIpc) is 2.58. The summed E-state index contributed by atoms with van der Waals surface area (Å²) in [5.74, 6) is 0. The minimum absolute atomic E-state index is 0.207. The molecular formula is C16H15NO3S2. The molecule has 0 aliphatic carbocycles. The molecule has 4 nitrogen and oxygen atoms in total. The van der Waals surface area contributed by atoms with Crippen LogP contribution < -0.4 is 5.32 Å². The van der Waals surface area contributed by atoms with Crippen LogP contribution in [0.3, 0.4) is 0 Å². The van der Waals surface area contributed by atoms with Crippen molar-refractivity contribution in [3.05, 3.63) is 71.8 Å². The summed E-state index contributed by atoms with van der Waals surface area (Å²) < 4.78 is 5.06. The monoisotopic (exact) mass is 333 g/mol. The molecule has 0 spiro atoms. The number of benzene rings is 2. The summed E-state index contributed by atoms with van der Waals surface area (Å²) in [6.45, 7) is 0.644. The quantitative estimate of drug-likeness (QED) is 0.654. The molecule has 0 unspecified atom stereocenters. The maximum absolute atomic E-state index is 11.6. The van der Waals surface area contributed by atoms with Crippen molar-refractivity contribution in [2.75, 3.05) is 0 Å². The Kier molecular flexibility index (Phi) is 6.86.